The van der Waals surface area contributed by atoms with Gasteiger partial charge in [-0.2, -0.15) is 0 Å². The molecule has 0 amide bonds. The maximum atomic E-state index is 5.54. The molecule has 0 atom stereocenters. The van der Waals surface area contributed by atoms with Crippen LogP contribution in [0.15, 0.2) is 18.3 Å². The minimum atomic E-state index is 0.322. The van der Waals surface area contributed by atoms with E-state index in [4.69, 9.17) is 18.0 Å². The van der Waals surface area contributed by atoms with Crippen molar-refractivity contribution in [3.8, 4) is 0 Å². The van der Waals surface area contributed by atoms with Crippen molar-refractivity contribution in [3.05, 3.63) is 23.9 Å². The Labute approximate surface area is 83.4 Å². The molecule has 1 heterocycles. The van der Waals surface area contributed by atoms with Gasteiger partial charge < -0.3 is 11.1 Å². The molecular formula is C9H13N3S. The molecule has 13 heavy (non-hydrogen) atoms. The Kier molecular flexibility index (Phi) is 3.19. The van der Waals surface area contributed by atoms with Crippen molar-refractivity contribution < 1.29 is 0 Å². The highest BCUT2D eigenvalue weighted by Crippen LogP contribution is 2.11. The Morgan fingerprint density at radius 1 is 1.62 bits per heavy atom. The van der Waals surface area contributed by atoms with Crippen LogP contribution in [-0.2, 0) is 0 Å². The number of hydrogen-bond donors (Lipinski definition) is 2. The summed E-state index contributed by atoms with van der Waals surface area (Å²) in [5.41, 5.74) is 6.34. The van der Waals surface area contributed by atoms with Crippen LogP contribution in [0.1, 0.15) is 19.4 Å². The first-order valence-corrected chi connectivity index (χ1v) is 4.53. The second-order valence-electron chi connectivity index (χ2n) is 3.06. The topological polar surface area (TPSA) is 50.9 Å². The molecule has 0 aromatic carbocycles. The average molecular weight is 195 g/mol. The predicted molar refractivity (Wildman–Crippen MR) is 58.9 cm³/mol. The zero-order chi connectivity index (χ0) is 9.84. The summed E-state index contributed by atoms with van der Waals surface area (Å²) in [5, 5.41) is 3.18. The molecule has 3 nitrogen and oxygen atoms in total. The van der Waals surface area contributed by atoms with E-state index < -0.39 is 0 Å². The van der Waals surface area contributed by atoms with Gasteiger partial charge in [-0.1, -0.05) is 12.2 Å². The number of nitrogens with one attached hydrogen (secondary N) is 1. The molecule has 0 aliphatic rings. The molecular weight excluding hydrogens is 182 g/mol. The molecule has 0 bridgehead atoms. The first-order chi connectivity index (χ1) is 6.11. The maximum Gasteiger partial charge on any atom is 0.136 e. The van der Waals surface area contributed by atoms with Crippen molar-refractivity contribution in [2.24, 2.45) is 5.73 Å². The van der Waals surface area contributed by atoms with Gasteiger partial charge in [0, 0.05) is 12.2 Å². The van der Waals surface area contributed by atoms with Gasteiger partial charge in [0.2, 0.25) is 0 Å². The molecule has 0 saturated carbocycles. The van der Waals surface area contributed by atoms with Crippen LogP contribution in [0.2, 0.25) is 0 Å². The van der Waals surface area contributed by atoms with Crippen molar-refractivity contribution in [1.82, 2.24) is 4.98 Å². The van der Waals surface area contributed by atoms with E-state index in [1.807, 2.05) is 26.0 Å². The lowest BCUT2D eigenvalue weighted by Gasteiger charge is -2.11. The van der Waals surface area contributed by atoms with Gasteiger partial charge in [0.05, 0.1) is 5.56 Å². The van der Waals surface area contributed by atoms with Crippen LogP contribution in [0.4, 0.5) is 5.82 Å². The molecule has 0 radical (unpaired) electrons. The van der Waals surface area contributed by atoms with Crippen molar-refractivity contribution in [1.29, 1.82) is 0 Å². The average Bonchev–Trinajstić information content (AvgIpc) is 2.03. The summed E-state index contributed by atoms with van der Waals surface area (Å²) in [6.45, 7) is 4.08. The van der Waals surface area contributed by atoms with Crippen LogP contribution in [0, 0.1) is 0 Å². The van der Waals surface area contributed by atoms with E-state index in [0.29, 0.717) is 11.0 Å². The van der Waals surface area contributed by atoms with E-state index in [1.54, 1.807) is 6.20 Å². The van der Waals surface area contributed by atoms with E-state index in [1.165, 1.54) is 0 Å². The van der Waals surface area contributed by atoms with Gasteiger partial charge in [-0.3, -0.25) is 0 Å². The lowest BCUT2D eigenvalue weighted by Crippen LogP contribution is -2.17. The van der Waals surface area contributed by atoms with E-state index in [9.17, 15) is 0 Å². The molecule has 0 aliphatic heterocycles. The molecule has 3 N–H and O–H groups in total. The number of anilines is 1. The van der Waals surface area contributed by atoms with E-state index in [0.717, 1.165) is 11.4 Å². The third-order valence-electron chi connectivity index (χ3n) is 1.50. The first kappa shape index (κ1) is 9.92. The zero-order valence-electron chi connectivity index (χ0n) is 7.74. The second-order valence-corrected chi connectivity index (χ2v) is 3.50. The smallest absolute Gasteiger partial charge is 0.136 e. The Bertz CT molecular complexity index is 309. The maximum absolute atomic E-state index is 5.54. The van der Waals surface area contributed by atoms with Crippen molar-refractivity contribution in [2.45, 2.75) is 19.9 Å². The van der Waals surface area contributed by atoms with Crippen LogP contribution in [-0.4, -0.2) is 16.0 Å². The summed E-state index contributed by atoms with van der Waals surface area (Å²) in [6, 6.07) is 4.00. The molecule has 0 spiro atoms. The first-order valence-electron chi connectivity index (χ1n) is 4.12. The van der Waals surface area contributed by atoms with Crippen LogP contribution < -0.4 is 11.1 Å². The van der Waals surface area contributed by atoms with Crippen LogP contribution >= 0.6 is 12.2 Å². The standard InChI is InChI=1S/C9H13N3S/c1-6(2)12-9-7(8(10)13)4-3-5-11-9/h3-6H,1-2H3,(H2,10,13)(H,11,12). The predicted octanol–water partition coefficient (Wildman–Crippen LogP) is 1.54. The zero-order valence-corrected chi connectivity index (χ0v) is 8.56. The fraction of sp³-hybridized carbons (Fsp3) is 0.333. The number of pyridine rings is 1. The second kappa shape index (κ2) is 4.18. The quantitative estimate of drug-likeness (QED) is 0.718. The SMILES string of the molecule is CC(C)Nc1ncccc1C(N)=S. The van der Waals surface area contributed by atoms with Crippen molar-refractivity contribution in [2.75, 3.05) is 5.32 Å². The number of nitrogens with zero attached hydrogens (tertiary/aromatic N) is 1. The third kappa shape index (κ3) is 2.66. The number of aromatic nitrogens is 1. The van der Waals surface area contributed by atoms with Gasteiger partial charge in [-0.05, 0) is 26.0 Å². The third-order valence-corrected chi connectivity index (χ3v) is 1.72. The Morgan fingerprint density at radius 2 is 2.31 bits per heavy atom. The summed E-state index contributed by atoms with van der Waals surface area (Å²) in [5.74, 6) is 0.755. The summed E-state index contributed by atoms with van der Waals surface area (Å²) in [4.78, 5) is 4.53. The van der Waals surface area contributed by atoms with Gasteiger partial charge in [-0.25, -0.2) is 4.98 Å². The lowest BCUT2D eigenvalue weighted by molar-refractivity contribution is 0.888. The highest BCUT2D eigenvalue weighted by molar-refractivity contribution is 7.80. The van der Waals surface area contributed by atoms with Gasteiger partial charge in [0.15, 0.2) is 0 Å². The van der Waals surface area contributed by atoms with E-state index >= 15 is 0 Å². The van der Waals surface area contributed by atoms with Gasteiger partial charge >= 0.3 is 0 Å². The Morgan fingerprint density at radius 3 is 2.85 bits per heavy atom. The van der Waals surface area contributed by atoms with E-state index in [2.05, 4.69) is 10.3 Å². The number of rotatable bonds is 3. The highest BCUT2D eigenvalue weighted by Gasteiger charge is 2.05. The molecule has 4 heteroatoms. The minimum absolute atomic E-state index is 0.322. The molecule has 1 rings (SSSR count). The Balaban J connectivity index is 2.98. The lowest BCUT2D eigenvalue weighted by atomic mass is 10.2. The normalized spacial score (nSPS) is 10.1. The molecule has 1 aromatic heterocycles. The van der Waals surface area contributed by atoms with Crippen LogP contribution in [0.3, 0.4) is 0 Å². The molecule has 1 aromatic rings. The number of hydrogen-bond acceptors (Lipinski definition) is 3. The summed E-state index contributed by atoms with van der Waals surface area (Å²) in [7, 11) is 0. The molecule has 0 saturated heterocycles. The van der Waals surface area contributed by atoms with Crippen LogP contribution in [0.5, 0.6) is 0 Å². The monoisotopic (exact) mass is 195 g/mol. The van der Waals surface area contributed by atoms with Crippen molar-refractivity contribution >= 4 is 23.0 Å². The fourth-order valence-corrected chi connectivity index (χ4v) is 1.16. The molecule has 0 aliphatic carbocycles. The summed E-state index contributed by atoms with van der Waals surface area (Å²) in [6.07, 6.45) is 1.71. The summed E-state index contributed by atoms with van der Waals surface area (Å²) >= 11 is 4.90. The van der Waals surface area contributed by atoms with Gasteiger partial charge in [0.1, 0.15) is 10.8 Å². The fourth-order valence-electron chi connectivity index (χ4n) is 0.993. The molecule has 70 valence electrons. The number of thiocarbonyl (C=S) groups is 1. The highest BCUT2D eigenvalue weighted by atomic mass is 32.1. The molecule has 0 fully saturated rings. The summed E-state index contributed by atoms with van der Waals surface area (Å²) < 4.78 is 0. The molecule has 0 unspecified atom stereocenters. The van der Waals surface area contributed by atoms with Crippen LogP contribution in [0.25, 0.3) is 0 Å². The largest absolute Gasteiger partial charge is 0.389 e. The van der Waals surface area contributed by atoms with Gasteiger partial charge in [0.25, 0.3) is 0 Å². The number of nitrogens with two attached hydrogens (primary N) is 1. The Hall–Kier alpha value is -1.16. The minimum Gasteiger partial charge on any atom is -0.389 e. The van der Waals surface area contributed by atoms with E-state index in [-0.39, 0.29) is 0 Å². The van der Waals surface area contributed by atoms with Crippen molar-refractivity contribution in [3.63, 3.8) is 0 Å². The van der Waals surface area contributed by atoms with Gasteiger partial charge in [-0.15, -0.1) is 0 Å².